The molecule has 1 saturated heterocycles. The van der Waals surface area contributed by atoms with E-state index >= 15 is 0 Å². The van der Waals surface area contributed by atoms with Crippen molar-refractivity contribution in [2.24, 2.45) is 5.73 Å². The monoisotopic (exact) mass is 253 g/mol. The molecule has 1 heterocycles. The van der Waals surface area contributed by atoms with Crippen molar-refractivity contribution in [3.05, 3.63) is 60.2 Å². The standard InChI is InChI=1S/C16H19N3/c17-11-15-10-16(19-18-15)14-8-6-13(7-9-14)12-4-2-1-3-5-12/h1-9,15-16,18-19H,10-11,17H2. The highest BCUT2D eigenvalue weighted by Crippen LogP contribution is 2.25. The third kappa shape index (κ3) is 2.68. The second-order valence-corrected chi connectivity index (χ2v) is 5.00. The van der Waals surface area contributed by atoms with Crippen molar-refractivity contribution in [3.63, 3.8) is 0 Å². The number of nitrogens with one attached hydrogen (secondary N) is 2. The van der Waals surface area contributed by atoms with E-state index in [-0.39, 0.29) is 0 Å². The molecule has 4 N–H and O–H groups in total. The van der Waals surface area contributed by atoms with Gasteiger partial charge in [0, 0.05) is 18.6 Å². The summed E-state index contributed by atoms with van der Waals surface area (Å²) in [6.45, 7) is 0.672. The van der Waals surface area contributed by atoms with E-state index in [1.165, 1.54) is 16.7 Å². The fourth-order valence-electron chi connectivity index (χ4n) is 2.53. The molecule has 19 heavy (non-hydrogen) atoms. The van der Waals surface area contributed by atoms with Gasteiger partial charge in [-0.05, 0) is 23.1 Å². The predicted octanol–water partition coefficient (Wildman–Crippen LogP) is 2.22. The van der Waals surface area contributed by atoms with Crippen LogP contribution in [-0.2, 0) is 0 Å². The molecule has 0 spiro atoms. The van der Waals surface area contributed by atoms with Crippen molar-refractivity contribution in [2.45, 2.75) is 18.5 Å². The topological polar surface area (TPSA) is 50.1 Å². The maximum atomic E-state index is 5.67. The smallest absolute Gasteiger partial charge is 0.0478 e. The van der Waals surface area contributed by atoms with Gasteiger partial charge in [-0.3, -0.25) is 5.43 Å². The summed E-state index contributed by atoms with van der Waals surface area (Å²) in [6, 6.07) is 19.9. The molecule has 0 bridgehead atoms. The molecule has 0 radical (unpaired) electrons. The van der Waals surface area contributed by atoms with Crippen molar-refractivity contribution < 1.29 is 0 Å². The Morgan fingerprint density at radius 2 is 1.58 bits per heavy atom. The molecule has 1 aliphatic heterocycles. The molecule has 0 aliphatic carbocycles. The van der Waals surface area contributed by atoms with Gasteiger partial charge in [0.1, 0.15) is 0 Å². The van der Waals surface area contributed by atoms with Crippen molar-refractivity contribution in [3.8, 4) is 11.1 Å². The van der Waals surface area contributed by atoms with Crippen LogP contribution >= 0.6 is 0 Å². The quantitative estimate of drug-likeness (QED) is 0.786. The Bertz CT molecular complexity index is 521. The number of rotatable bonds is 3. The van der Waals surface area contributed by atoms with Gasteiger partial charge >= 0.3 is 0 Å². The highest BCUT2D eigenvalue weighted by molar-refractivity contribution is 5.63. The predicted molar refractivity (Wildman–Crippen MR) is 78.3 cm³/mol. The Hall–Kier alpha value is -1.68. The summed E-state index contributed by atoms with van der Waals surface area (Å²) in [7, 11) is 0. The zero-order valence-corrected chi connectivity index (χ0v) is 10.8. The number of hydrogen-bond donors (Lipinski definition) is 3. The Morgan fingerprint density at radius 1 is 0.895 bits per heavy atom. The lowest BCUT2D eigenvalue weighted by molar-refractivity contribution is 0.546. The molecule has 2 aromatic carbocycles. The summed E-state index contributed by atoms with van der Waals surface area (Å²) in [6.07, 6.45) is 1.04. The first-order valence-electron chi connectivity index (χ1n) is 6.73. The van der Waals surface area contributed by atoms with Gasteiger partial charge < -0.3 is 5.73 Å². The first kappa shape index (κ1) is 12.4. The van der Waals surface area contributed by atoms with Gasteiger partial charge in [-0.25, -0.2) is 5.43 Å². The first-order chi connectivity index (χ1) is 9.36. The van der Waals surface area contributed by atoms with Gasteiger partial charge in [-0.1, -0.05) is 54.6 Å². The normalized spacial score (nSPS) is 22.6. The Kier molecular flexibility index (Phi) is 3.60. The van der Waals surface area contributed by atoms with Gasteiger partial charge in [0.15, 0.2) is 0 Å². The van der Waals surface area contributed by atoms with Crippen molar-refractivity contribution in [1.82, 2.24) is 10.9 Å². The second-order valence-electron chi connectivity index (χ2n) is 5.00. The molecule has 2 unspecified atom stereocenters. The molecule has 0 amide bonds. The zero-order valence-electron chi connectivity index (χ0n) is 10.8. The summed E-state index contributed by atoms with van der Waals surface area (Å²) < 4.78 is 0. The number of nitrogens with two attached hydrogens (primary N) is 1. The van der Waals surface area contributed by atoms with Crippen LogP contribution in [0.3, 0.4) is 0 Å². The maximum absolute atomic E-state index is 5.67. The summed E-state index contributed by atoms with van der Waals surface area (Å²) in [5.74, 6) is 0. The number of hydrogen-bond acceptors (Lipinski definition) is 3. The fraction of sp³-hybridized carbons (Fsp3) is 0.250. The molecule has 0 saturated carbocycles. The highest BCUT2D eigenvalue weighted by Gasteiger charge is 2.23. The van der Waals surface area contributed by atoms with Gasteiger partial charge in [-0.15, -0.1) is 0 Å². The van der Waals surface area contributed by atoms with Crippen LogP contribution in [0.15, 0.2) is 54.6 Å². The summed E-state index contributed by atoms with van der Waals surface area (Å²) in [4.78, 5) is 0. The van der Waals surface area contributed by atoms with Crippen molar-refractivity contribution in [2.75, 3.05) is 6.54 Å². The molecule has 1 fully saturated rings. The lowest BCUT2D eigenvalue weighted by Gasteiger charge is -2.10. The number of hydrazine groups is 1. The van der Waals surface area contributed by atoms with E-state index in [9.17, 15) is 0 Å². The van der Waals surface area contributed by atoms with E-state index in [1.54, 1.807) is 0 Å². The third-order valence-corrected chi connectivity index (χ3v) is 3.69. The van der Waals surface area contributed by atoms with Crippen LogP contribution in [0.4, 0.5) is 0 Å². The average Bonchev–Trinajstić information content (AvgIpc) is 2.97. The van der Waals surface area contributed by atoms with Crippen molar-refractivity contribution >= 4 is 0 Å². The minimum absolute atomic E-state index is 0.360. The fourth-order valence-corrected chi connectivity index (χ4v) is 2.53. The van der Waals surface area contributed by atoms with Gasteiger partial charge in [0.05, 0.1) is 0 Å². The average molecular weight is 253 g/mol. The Labute approximate surface area is 113 Å². The minimum atomic E-state index is 0.360. The Balaban J connectivity index is 1.76. The van der Waals surface area contributed by atoms with Crippen molar-refractivity contribution in [1.29, 1.82) is 0 Å². The van der Waals surface area contributed by atoms with Gasteiger partial charge in [0.2, 0.25) is 0 Å². The summed E-state index contributed by atoms with van der Waals surface area (Å²) in [5.41, 5.74) is 16.0. The molecular weight excluding hydrogens is 234 g/mol. The Morgan fingerprint density at radius 3 is 2.21 bits per heavy atom. The lowest BCUT2D eigenvalue weighted by atomic mass is 9.98. The summed E-state index contributed by atoms with van der Waals surface area (Å²) in [5, 5.41) is 0. The van der Waals surface area contributed by atoms with E-state index < -0.39 is 0 Å². The minimum Gasteiger partial charge on any atom is -0.329 e. The zero-order chi connectivity index (χ0) is 13.1. The van der Waals surface area contributed by atoms with Crippen LogP contribution in [0.1, 0.15) is 18.0 Å². The molecule has 3 heteroatoms. The van der Waals surface area contributed by atoms with E-state index in [1.807, 2.05) is 6.07 Å². The SMILES string of the molecule is NCC1CC(c2ccc(-c3ccccc3)cc2)NN1. The molecule has 98 valence electrons. The van der Waals surface area contributed by atoms with Gasteiger partial charge in [0.25, 0.3) is 0 Å². The molecule has 2 aromatic rings. The lowest BCUT2D eigenvalue weighted by Crippen LogP contribution is -2.35. The molecular formula is C16H19N3. The molecule has 2 atom stereocenters. The molecule has 3 nitrogen and oxygen atoms in total. The molecule has 3 rings (SSSR count). The molecule has 0 aromatic heterocycles. The molecule has 1 aliphatic rings. The number of benzene rings is 2. The van der Waals surface area contributed by atoms with Gasteiger partial charge in [-0.2, -0.15) is 0 Å². The van der Waals surface area contributed by atoms with Crippen LogP contribution in [0, 0.1) is 0 Å². The van der Waals surface area contributed by atoms with E-state index in [4.69, 9.17) is 5.73 Å². The van der Waals surface area contributed by atoms with Crippen LogP contribution in [0.25, 0.3) is 11.1 Å². The summed E-state index contributed by atoms with van der Waals surface area (Å²) >= 11 is 0. The largest absolute Gasteiger partial charge is 0.329 e. The van der Waals surface area contributed by atoms with Crippen LogP contribution in [0.5, 0.6) is 0 Å². The van der Waals surface area contributed by atoms with E-state index in [0.717, 1.165) is 6.42 Å². The second kappa shape index (κ2) is 5.53. The van der Waals surface area contributed by atoms with Crippen LogP contribution in [0.2, 0.25) is 0 Å². The maximum Gasteiger partial charge on any atom is 0.0478 e. The van der Waals surface area contributed by atoms with Crippen LogP contribution in [-0.4, -0.2) is 12.6 Å². The van der Waals surface area contributed by atoms with E-state index in [0.29, 0.717) is 18.6 Å². The third-order valence-electron chi connectivity index (χ3n) is 3.69. The first-order valence-corrected chi connectivity index (χ1v) is 6.73. The van der Waals surface area contributed by atoms with Crippen LogP contribution < -0.4 is 16.6 Å². The van der Waals surface area contributed by atoms with E-state index in [2.05, 4.69) is 59.4 Å². The highest BCUT2D eigenvalue weighted by atomic mass is 15.4.